The molecule has 2 heteroatoms. The molecule has 2 aromatic rings. The molecule has 0 heterocycles. The minimum Gasteiger partial charge on any atom is -0.453 e. The van der Waals surface area contributed by atoms with Gasteiger partial charge in [-0.05, 0) is 11.1 Å². The average Bonchev–Trinajstić information content (AvgIpc) is 2.86. The molecule has 1 aliphatic carbocycles. The predicted octanol–water partition coefficient (Wildman–Crippen LogP) is 5.37. The highest BCUT2D eigenvalue weighted by Crippen LogP contribution is 2.44. The lowest BCUT2D eigenvalue weighted by molar-refractivity contribution is -0.144. The molecule has 0 spiro atoms. The number of hydrogen-bond donors (Lipinski definition) is 0. The molecule has 0 aromatic heterocycles. The molecule has 0 radical (unpaired) electrons. The van der Waals surface area contributed by atoms with Crippen molar-refractivity contribution in [3.05, 3.63) is 59.7 Å². The molecule has 0 saturated carbocycles. The Hall–Kier alpha value is -2.09. The second-order valence-corrected chi connectivity index (χ2v) is 4.16. The first-order chi connectivity index (χ1) is 10.3. The van der Waals surface area contributed by atoms with E-state index in [1.165, 1.54) is 6.92 Å². The largest absolute Gasteiger partial charge is 0.453 e. The number of hydrogen-bond acceptors (Lipinski definition) is 2. The van der Waals surface area contributed by atoms with Crippen LogP contribution in [0.15, 0.2) is 48.5 Å². The summed E-state index contributed by atoms with van der Waals surface area (Å²) in [5, 5.41) is 0. The lowest BCUT2D eigenvalue weighted by atomic mass is 10.1. The summed E-state index contributed by atoms with van der Waals surface area (Å²) in [5.41, 5.74) is 4.47. The van der Waals surface area contributed by atoms with E-state index >= 15 is 0 Å². The van der Waals surface area contributed by atoms with Crippen LogP contribution in [0.3, 0.4) is 0 Å². The van der Waals surface area contributed by atoms with Crippen LogP contribution in [0, 0.1) is 0 Å². The first-order valence-corrected chi connectivity index (χ1v) is 7.63. The molecule has 3 rings (SSSR count). The first kappa shape index (κ1) is 17.0. The quantitative estimate of drug-likeness (QED) is 0.658. The van der Waals surface area contributed by atoms with Crippen molar-refractivity contribution in [2.24, 2.45) is 0 Å². The van der Waals surface area contributed by atoms with E-state index in [1.54, 1.807) is 0 Å². The zero-order valence-corrected chi connectivity index (χ0v) is 13.5. The van der Waals surface area contributed by atoms with E-state index in [-0.39, 0.29) is 12.1 Å². The predicted molar refractivity (Wildman–Crippen MR) is 88.2 cm³/mol. The van der Waals surface area contributed by atoms with Gasteiger partial charge in [0.1, 0.15) is 0 Å². The Morgan fingerprint density at radius 2 is 1.19 bits per heavy atom. The molecule has 0 atom stereocenters. The molecule has 2 aromatic carbocycles. The van der Waals surface area contributed by atoms with Gasteiger partial charge in [-0.2, -0.15) is 0 Å². The molecular weight excluding hydrogens is 260 g/mol. The summed E-state index contributed by atoms with van der Waals surface area (Å²) < 4.78 is 5.43. The molecule has 0 unspecified atom stereocenters. The number of ether oxygens (including phenoxy) is 1. The van der Waals surface area contributed by atoms with Gasteiger partial charge in [-0.15, -0.1) is 0 Å². The van der Waals surface area contributed by atoms with Crippen LogP contribution in [0.2, 0.25) is 0 Å². The minimum atomic E-state index is -0.250. The van der Waals surface area contributed by atoms with Crippen molar-refractivity contribution < 1.29 is 9.53 Å². The maximum atomic E-state index is 11.2. The summed E-state index contributed by atoms with van der Waals surface area (Å²) in [6.45, 7) is 9.45. The molecule has 0 N–H and O–H groups in total. The Labute approximate surface area is 127 Å². The smallest absolute Gasteiger partial charge is 0.303 e. The van der Waals surface area contributed by atoms with Crippen molar-refractivity contribution in [1.29, 1.82) is 0 Å². The Morgan fingerprint density at radius 3 is 1.57 bits per heavy atom. The van der Waals surface area contributed by atoms with Crippen LogP contribution in [0.4, 0.5) is 0 Å². The van der Waals surface area contributed by atoms with Gasteiger partial charge in [0.05, 0.1) is 0 Å². The Bertz CT molecular complexity index is 542. The minimum absolute atomic E-state index is 0.249. The van der Waals surface area contributed by atoms with Gasteiger partial charge in [-0.3, -0.25) is 4.79 Å². The summed E-state index contributed by atoms with van der Waals surface area (Å²) in [6, 6.07) is 16.1. The van der Waals surface area contributed by atoms with Crippen LogP contribution >= 0.6 is 0 Å². The molecule has 1 aliphatic rings. The van der Waals surface area contributed by atoms with Gasteiger partial charge in [-0.1, -0.05) is 76.2 Å². The Balaban J connectivity index is 0.000000510. The lowest BCUT2D eigenvalue weighted by Gasteiger charge is -2.13. The van der Waals surface area contributed by atoms with Crippen LogP contribution in [-0.4, -0.2) is 5.97 Å². The monoisotopic (exact) mass is 284 g/mol. The van der Waals surface area contributed by atoms with Gasteiger partial charge >= 0.3 is 5.97 Å². The molecule has 0 aliphatic heterocycles. The molecule has 0 saturated heterocycles. The topological polar surface area (TPSA) is 26.3 Å². The lowest BCUT2D eigenvalue weighted by Crippen LogP contribution is -2.06. The summed E-state index contributed by atoms with van der Waals surface area (Å²) in [4.78, 5) is 11.2. The number of carbonyl (C=O) groups is 1. The van der Waals surface area contributed by atoms with Gasteiger partial charge in [0.25, 0.3) is 0 Å². The third-order valence-electron chi connectivity index (χ3n) is 3.06. The highest BCUT2D eigenvalue weighted by atomic mass is 16.5. The van der Waals surface area contributed by atoms with Crippen LogP contribution in [0.1, 0.15) is 51.8 Å². The fourth-order valence-corrected chi connectivity index (χ4v) is 2.40. The Morgan fingerprint density at radius 1 is 0.810 bits per heavy atom. The normalized spacial score (nSPS) is 11.1. The van der Waals surface area contributed by atoms with E-state index in [9.17, 15) is 4.79 Å². The number of esters is 1. The van der Waals surface area contributed by atoms with Gasteiger partial charge in [0.2, 0.25) is 0 Å². The summed E-state index contributed by atoms with van der Waals surface area (Å²) >= 11 is 0. The van der Waals surface area contributed by atoms with Crippen LogP contribution < -0.4 is 0 Å². The summed E-state index contributed by atoms with van der Waals surface area (Å²) in [6.07, 6.45) is -0.250. The number of carbonyl (C=O) groups excluding carboxylic acids is 1. The molecular formula is C19H24O2. The van der Waals surface area contributed by atoms with Crippen LogP contribution in [0.25, 0.3) is 11.1 Å². The molecule has 21 heavy (non-hydrogen) atoms. The third-order valence-corrected chi connectivity index (χ3v) is 3.06. The zero-order valence-electron chi connectivity index (χ0n) is 13.5. The van der Waals surface area contributed by atoms with E-state index in [2.05, 4.69) is 12.1 Å². The number of rotatable bonds is 1. The number of fused-ring (bicyclic) bond motifs is 3. The summed E-state index contributed by atoms with van der Waals surface area (Å²) in [5.74, 6) is -0.249. The van der Waals surface area contributed by atoms with E-state index < -0.39 is 0 Å². The fraction of sp³-hybridized carbons (Fsp3) is 0.316. The Kier molecular flexibility index (Phi) is 6.67. The van der Waals surface area contributed by atoms with E-state index in [1.807, 2.05) is 64.1 Å². The van der Waals surface area contributed by atoms with Crippen molar-refractivity contribution in [2.45, 2.75) is 40.7 Å². The van der Waals surface area contributed by atoms with Gasteiger partial charge in [-0.25, -0.2) is 0 Å². The SMILES string of the molecule is CC.CC.CC(=O)OC1c2ccccc2-c2ccccc21. The zero-order chi connectivity index (χ0) is 15.8. The molecule has 0 bridgehead atoms. The van der Waals surface area contributed by atoms with Crippen LogP contribution in [-0.2, 0) is 9.53 Å². The first-order valence-electron chi connectivity index (χ1n) is 7.63. The van der Waals surface area contributed by atoms with Crippen molar-refractivity contribution in [3.8, 4) is 11.1 Å². The molecule has 0 fully saturated rings. The standard InChI is InChI=1S/C15H12O2.2C2H6/c1-10(16)17-15-13-8-4-2-6-11(13)12-7-3-5-9-14(12)15;2*1-2/h2-9,15H,1H3;2*1-2H3. The van der Waals surface area contributed by atoms with E-state index in [4.69, 9.17) is 4.74 Å². The van der Waals surface area contributed by atoms with E-state index in [0.717, 1.165) is 22.3 Å². The molecule has 0 amide bonds. The van der Waals surface area contributed by atoms with Crippen molar-refractivity contribution in [2.75, 3.05) is 0 Å². The highest BCUT2D eigenvalue weighted by molar-refractivity contribution is 5.79. The van der Waals surface area contributed by atoms with E-state index in [0.29, 0.717) is 0 Å². The summed E-state index contributed by atoms with van der Waals surface area (Å²) in [7, 11) is 0. The third kappa shape index (κ3) is 3.52. The van der Waals surface area contributed by atoms with Crippen LogP contribution in [0.5, 0.6) is 0 Å². The molecule has 2 nitrogen and oxygen atoms in total. The van der Waals surface area contributed by atoms with Crippen molar-refractivity contribution in [1.82, 2.24) is 0 Å². The molecule has 112 valence electrons. The van der Waals surface area contributed by atoms with Gasteiger partial charge in [0, 0.05) is 18.1 Å². The van der Waals surface area contributed by atoms with Crippen molar-refractivity contribution >= 4 is 5.97 Å². The van der Waals surface area contributed by atoms with Gasteiger partial charge in [0.15, 0.2) is 6.10 Å². The highest BCUT2D eigenvalue weighted by Gasteiger charge is 2.29. The van der Waals surface area contributed by atoms with Gasteiger partial charge < -0.3 is 4.74 Å². The average molecular weight is 284 g/mol. The fourth-order valence-electron chi connectivity index (χ4n) is 2.40. The second kappa shape index (κ2) is 8.25. The second-order valence-electron chi connectivity index (χ2n) is 4.16. The maximum Gasteiger partial charge on any atom is 0.303 e. The van der Waals surface area contributed by atoms with Crippen molar-refractivity contribution in [3.63, 3.8) is 0 Å². The maximum absolute atomic E-state index is 11.2. The number of benzene rings is 2.